The number of likely N-dealkylation sites (N-methyl/N-ethyl adjacent to an activating group) is 1. The molecule has 2 atom stereocenters. The molecular formula is C57H99NO7. The minimum absolute atomic E-state index is 0.00917. The Balaban J connectivity index is 4.30. The van der Waals surface area contributed by atoms with Gasteiger partial charge in [-0.3, -0.25) is 9.59 Å². The standard InChI is InChI=1S/C57H99NO7/c1-6-8-10-12-14-16-18-20-22-24-26-27-28-30-31-33-35-37-39-41-43-45-47-55(59)64-52-53(51-63-50-49-54(57(61)62)58(3,4)5)65-56(60)48-46-44-42-40-38-36-34-32-29-25-23-21-19-17-15-13-11-9-7-2/h9,11,15,17,21,23,29,32,36,38,42,44,53-54H,6-8,10,12-14,16,18-20,22,24-28,30-31,33-35,37,39-41,43,45-52H2,1-5H3/b11-9-,17-15-,23-21-,32-29-,38-36-,44-42-. The first kappa shape index (κ1) is 61.8. The Labute approximate surface area is 400 Å². The molecule has 0 radical (unpaired) electrons. The largest absolute Gasteiger partial charge is 0.544 e. The fraction of sp³-hybridized carbons (Fsp3) is 0.737. The summed E-state index contributed by atoms with van der Waals surface area (Å²) in [5, 5.41) is 11.7. The molecule has 65 heavy (non-hydrogen) atoms. The van der Waals surface area contributed by atoms with E-state index in [4.69, 9.17) is 14.2 Å². The fourth-order valence-electron chi connectivity index (χ4n) is 7.57. The zero-order valence-electron chi connectivity index (χ0n) is 42.6. The number of hydrogen-bond donors (Lipinski definition) is 0. The van der Waals surface area contributed by atoms with Gasteiger partial charge in [-0.2, -0.15) is 0 Å². The molecule has 2 unspecified atom stereocenters. The Kier molecular flexibility index (Phi) is 44.9. The second-order valence-electron chi connectivity index (χ2n) is 18.7. The maximum atomic E-state index is 12.7. The highest BCUT2D eigenvalue weighted by Crippen LogP contribution is 2.16. The minimum Gasteiger partial charge on any atom is -0.544 e. The summed E-state index contributed by atoms with van der Waals surface area (Å²) in [6.45, 7) is 4.49. The molecule has 0 aromatic carbocycles. The number of hydrogen-bond acceptors (Lipinski definition) is 7. The van der Waals surface area contributed by atoms with Gasteiger partial charge in [0.2, 0.25) is 0 Å². The van der Waals surface area contributed by atoms with Gasteiger partial charge in [-0.05, 0) is 51.4 Å². The van der Waals surface area contributed by atoms with Crippen LogP contribution in [-0.4, -0.2) is 75.5 Å². The number of aliphatic carboxylic acids is 1. The number of carbonyl (C=O) groups is 3. The number of quaternary nitrogens is 1. The number of unbranched alkanes of at least 4 members (excludes halogenated alkanes) is 21. The average Bonchev–Trinajstić information content (AvgIpc) is 3.27. The van der Waals surface area contributed by atoms with Gasteiger partial charge < -0.3 is 28.6 Å². The Morgan fingerprint density at radius 2 is 0.862 bits per heavy atom. The third kappa shape index (κ3) is 45.7. The predicted molar refractivity (Wildman–Crippen MR) is 272 cm³/mol. The van der Waals surface area contributed by atoms with E-state index >= 15 is 0 Å². The summed E-state index contributed by atoms with van der Waals surface area (Å²) in [7, 11) is 5.39. The lowest BCUT2D eigenvalue weighted by molar-refractivity contribution is -0.889. The third-order valence-electron chi connectivity index (χ3n) is 11.6. The summed E-state index contributed by atoms with van der Waals surface area (Å²) >= 11 is 0. The van der Waals surface area contributed by atoms with Crippen LogP contribution >= 0.6 is 0 Å². The molecule has 374 valence electrons. The maximum absolute atomic E-state index is 12.7. The monoisotopic (exact) mass is 910 g/mol. The smallest absolute Gasteiger partial charge is 0.306 e. The van der Waals surface area contributed by atoms with E-state index in [0.29, 0.717) is 12.8 Å². The number of allylic oxidation sites excluding steroid dienone is 12. The van der Waals surface area contributed by atoms with Gasteiger partial charge in [0, 0.05) is 19.3 Å². The molecule has 0 aliphatic heterocycles. The predicted octanol–water partition coefficient (Wildman–Crippen LogP) is 14.1. The summed E-state index contributed by atoms with van der Waals surface area (Å²) in [6.07, 6.45) is 61.0. The van der Waals surface area contributed by atoms with E-state index in [-0.39, 0.29) is 43.1 Å². The van der Waals surface area contributed by atoms with Gasteiger partial charge in [-0.25, -0.2) is 0 Å². The van der Waals surface area contributed by atoms with Crippen molar-refractivity contribution in [3.63, 3.8) is 0 Å². The van der Waals surface area contributed by atoms with E-state index in [1.54, 1.807) is 21.1 Å². The molecule has 0 saturated heterocycles. The van der Waals surface area contributed by atoms with E-state index in [9.17, 15) is 19.5 Å². The van der Waals surface area contributed by atoms with Crippen molar-refractivity contribution in [2.75, 3.05) is 41.0 Å². The van der Waals surface area contributed by atoms with Gasteiger partial charge in [-0.1, -0.05) is 222 Å². The number of carboxylic acids is 1. The maximum Gasteiger partial charge on any atom is 0.306 e. The van der Waals surface area contributed by atoms with Crippen LogP contribution < -0.4 is 5.11 Å². The molecule has 0 N–H and O–H groups in total. The van der Waals surface area contributed by atoms with Crippen LogP contribution in [0.3, 0.4) is 0 Å². The molecule has 0 heterocycles. The number of carbonyl (C=O) groups excluding carboxylic acids is 3. The quantitative estimate of drug-likeness (QED) is 0.0259. The number of nitrogens with zero attached hydrogens (tertiary/aromatic N) is 1. The number of ether oxygens (including phenoxy) is 3. The van der Waals surface area contributed by atoms with E-state index in [1.807, 2.05) is 12.2 Å². The number of esters is 2. The fourth-order valence-corrected chi connectivity index (χ4v) is 7.57. The Bertz CT molecular complexity index is 1290. The van der Waals surface area contributed by atoms with Crippen LogP contribution in [0, 0.1) is 0 Å². The summed E-state index contributed by atoms with van der Waals surface area (Å²) in [5.41, 5.74) is 0. The highest BCUT2D eigenvalue weighted by atomic mass is 16.6. The van der Waals surface area contributed by atoms with Crippen molar-refractivity contribution in [1.82, 2.24) is 0 Å². The topological polar surface area (TPSA) is 102 Å². The van der Waals surface area contributed by atoms with E-state index in [0.717, 1.165) is 57.8 Å². The van der Waals surface area contributed by atoms with Gasteiger partial charge >= 0.3 is 11.9 Å². The van der Waals surface area contributed by atoms with Crippen molar-refractivity contribution >= 4 is 17.9 Å². The second kappa shape index (κ2) is 47.3. The van der Waals surface area contributed by atoms with Crippen LogP contribution in [0.1, 0.15) is 219 Å². The van der Waals surface area contributed by atoms with Gasteiger partial charge in [0.1, 0.15) is 12.6 Å². The van der Waals surface area contributed by atoms with Crippen LogP contribution in [-0.2, 0) is 28.6 Å². The zero-order valence-corrected chi connectivity index (χ0v) is 42.6. The van der Waals surface area contributed by atoms with Crippen LogP contribution in [0.4, 0.5) is 0 Å². The number of carboxylic acid groups (broad SMARTS) is 1. The van der Waals surface area contributed by atoms with Crippen LogP contribution in [0.25, 0.3) is 0 Å². The normalized spacial score (nSPS) is 13.4. The molecule has 8 nitrogen and oxygen atoms in total. The molecule has 8 heteroatoms. The molecule has 0 aromatic heterocycles. The lowest BCUT2D eigenvalue weighted by atomic mass is 10.0. The van der Waals surface area contributed by atoms with Gasteiger partial charge in [0.15, 0.2) is 6.10 Å². The Hall–Kier alpha value is -3.23. The lowest BCUT2D eigenvalue weighted by Gasteiger charge is -2.34. The van der Waals surface area contributed by atoms with Crippen LogP contribution in [0.5, 0.6) is 0 Å². The van der Waals surface area contributed by atoms with Gasteiger partial charge in [-0.15, -0.1) is 0 Å². The van der Waals surface area contributed by atoms with Crippen molar-refractivity contribution in [3.8, 4) is 0 Å². The minimum atomic E-state index is -1.14. The molecule has 0 fully saturated rings. The zero-order chi connectivity index (χ0) is 47.7. The lowest BCUT2D eigenvalue weighted by Crippen LogP contribution is -2.55. The van der Waals surface area contributed by atoms with Crippen LogP contribution in [0.2, 0.25) is 0 Å². The van der Waals surface area contributed by atoms with Crippen molar-refractivity contribution in [1.29, 1.82) is 0 Å². The molecule has 0 spiro atoms. The molecule has 0 aliphatic carbocycles. The van der Waals surface area contributed by atoms with E-state index in [1.165, 1.54) is 122 Å². The molecule has 0 aliphatic rings. The molecule has 0 rings (SSSR count). The summed E-state index contributed by atoms with van der Waals surface area (Å²) in [4.78, 5) is 37.0. The van der Waals surface area contributed by atoms with Crippen molar-refractivity contribution < 1.29 is 38.2 Å². The summed E-state index contributed by atoms with van der Waals surface area (Å²) in [5.74, 6) is -1.84. The number of rotatable bonds is 47. The molecule has 0 saturated carbocycles. The Morgan fingerprint density at radius 1 is 0.477 bits per heavy atom. The SMILES string of the molecule is CC/C=C\C/C=C\C/C=C\C/C=C\C/C=C\C/C=C\CCC(=O)OC(COCCC(C(=O)[O-])[N+](C)(C)C)COC(=O)CCCCCCCCCCCCCCCCCCCCCCCC. The van der Waals surface area contributed by atoms with Crippen LogP contribution in [0.15, 0.2) is 72.9 Å². The first-order valence-electron chi connectivity index (χ1n) is 26.5. The van der Waals surface area contributed by atoms with Crippen molar-refractivity contribution in [3.05, 3.63) is 72.9 Å². The first-order valence-corrected chi connectivity index (χ1v) is 26.5. The van der Waals surface area contributed by atoms with E-state index < -0.39 is 24.1 Å². The Morgan fingerprint density at radius 3 is 1.25 bits per heavy atom. The molecular weight excluding hydrogens is 811 g/mol. The summed E-state index contributed by atoms with van der Waals surface area (Å²) < 4.78 is 17.2. The first-order chi connectivity index (χ1) is 31.6. The molecule has 0 aromatic rings. The highest BCUT2D eigenvalue weighted by molar-refractivity contribution is 5.70. The van der Waals surface area contributed by atoms with E-state index in [2.05, 4.69) is 74.6 Å². The van der Waals surface area contributed by atoms with Gasteiger partial charge in [0.05, 0.1) is 40.3 Å². The van der Waals surface area contributed by atoms with Gasteiger partial charge in [0.25, 0.3) is 0 Å². The van der Waals surface area contributed by atoms with Crippen molar-refractivity contribution in [2.45, 2.75) is 231 Å². The molecule has 0 amide bonds. The molecule has 0 bridgehead atoms. The summed E-state index contributed by atoms with van der Waals surface area (Å²) in [6, 6.07) is -0.742. The van der Waals surface area contributed by atoms with Crippen molar-refractivity contribution in [2.24, 2.45) is 0 Å². The third-order valence-corrected chi connectivity index (χ3v) is 11.6. The average molecular weight is 910 g/mol. The second-order valence-corrected chi connectivity index (χ2v) is 18.7. The highest BCUT2D eigenvalue weighted by Gasteiger charge is 2.25.